The van der Waals surface area contributed by atoms with E-state index in [1.165, 1.54) is 23.1 Å². The number of hydrogen-bond donors (Lipinski definition) is 1. The zero-order valence-electron chi connectivity index (χ0n) is 20.3. The molecular weight excluding hydrogens is 469 g/mol. The molecule has 1 atom stereocenters. The Morgan fingerprint density at radius 1 is 1.06 bits per heavy atom. The SMILES string of the molecule is CC[C@H](C(=O)NC1CCCC1)N(CCc1ccccc1)C(=O)CN(c1ccccc1F)S(C)(=O)=O. The van der Waals surface area contributed by atoms with E-state index in [1.54, 1.807) is 0 Å². The normalized spacial score (nSPS) is 14.9. The third kappa shape index (κ3) is 7.27. The average molecular weight is 504 g/mol. The third-order valence-electron chi connectivity index (χ3n) is 6.37. The third-order valence-corrected chi connectivity index (χ3v) is 7.50. The van der Waals surface area contributed by atoms with E-state index >= 15 is 0 Å². The van der Waals surface area contributed by atoms with E-state index in [0.717, 1.165) is 47.9 Å². The maximum Gasteiger partial charge on any atom is 0.244 e. The number of amides is 2. The molecule has 0 radical (unpaired) electrons. The predicted molar refractivity (Wildman–Crippen MR) is 135 cm³/mol. The van der Waals surface area contributed by atoms with E-state index in [0.29, 0.717) is 12.8 Å². The lowest BCUT2D eigenvalue weighted by Gasteiger charge is -2.33. The molecule has 0 aromatic heterocycles. The Bertz CT molecular complexity index is 1100. The Hall–Kier alpha value is -2.94. The molecule has 0 heterocycles. The van der Waals surface area contributed by atoms with E-state index < -0.39 is 34.3 Å². The van der Waals surface area contributed by atoms with E-state index in [4.69, 9.17) is 0 Å². The molecule has 1 N–H and O–H groups in total. The first-order chi connectivity index (χ1) is 16.7. The fourth-order valence-corrected chi connectivity index (χ4v) is 5.36. The van der Waals surface area contributed by atoms with Gasteiger partial charge in [0.25, 0.3) is 0 Å². The number of sulfonamides is 1. The predicted octanol–water partition coefficient (Wildman–Crippen LogP) is 3.50. The highest BCUT2D eigenvalue weighted by atomic mass is 32.2. The quantitative estimate of drug-likeness (QED) is 0.509. The molecule has 2 amide bonds. The molecule has 190 valence electrons. The fourth-order valence-electron chi connectivity index (χ4n) is 4.51. The molecule has 3 rings (SSSR count). The van der Waals surface area contributed by atoms with Crippen molar-refractivity contribution in [3.63, 3.8) is 0 Å². The zero-order chi connectivity index (χ0) is 25.4. The Kier molecular flexibility index (Phi) is 9.26. The van der Waals surface area contributed by atoms with Crippen LogP contribution in [0.2, 0.25) is 0 Å². The summed E-state index contributed by atoms with van der Waals surface area (Å²) in [5, 5.41) is 3.06. The van der Waals surface area contributed by atoms with Gasteiger partial charge in [0.15, 0.2) is 0 Å². The molecule has 2 aromatic rings. The highest BCUT2D eigenvalue weighted by Gasteiger charge is 2.33. The lowest BCUT2D eigenvalue weighted by molar-refractivity contribution is -0.139. The van der Waals surface area contributed by atoms with Gasteiger partial charge in [-0.05, 0) is 43.4 Å². The number of rotatable bonds is 11. The minimum absolute atomic E-state index is 0.0913. The number of nitrogens with one attached hydrogen (secondary N) is 1. The minimum atomic E-state index is -3.96. The molecule has 0 unspecified atom stereocenters. The molecule has 1 aliphatic carbocycles. The molecule has 1 fully saturated rings. The standard InChI is InChI=1S/C26H34FN3O4S/c1-3-23(26(32)28-21-13-7-8-14-21)29(18-17-20-11-5-4-6-12-20)25(31)19-30(35(2,33)34)24-16-10-9-15-22(24)27/h4-6,9-12,15-16,21,23H,3,7-8,13-14,17-19H2,1-2H3,(H,28,32)/t23-/m1/s1. The van der Waals surface area contributed by atoms with Gasteiger partial charge in [-0.1, -0.05) is 62.2 Å². The van der Waals surface area contributed by atoms with Crippen molar-refractivity contribution in [3.8, 4) is 0 Å². The summed E-state index contributed by atoms with van der Waals surface area (Å²) in [7, 11) is -3.96. The van der Waals surface area contributed by atoms with E-state index in [2.05, 4.69) is 5.32 Å². The second-order valence-electron chi connectivity index (χ2n) is 8.96. The molecule has 35 heavy (non-hydrogen) atoms. The molecule has 7 nitrogen and oxygen atoms in total. The topological polar surface area (TPSA) is 86.8 Å². The van der Waals surface area contributed by atoms with Crippen molar-refractivity contribution in [1.29, 1.82) is 0 Å². The van der Waals surface area contributed by atoms with Gasteiger partial charge in [0, 0.05) is 12.6 Å². The zero-order valence-corrected chi connectivity index (χ0v) is 21.1. The summed E-state index contributed by atoms with van der Waals surface area (Å²) in [4.78, 5) is 28.2. The van der Waals surface area contributed by atoms with Gasteiger partial charge in [-0.3, -0.25) is 13.9 Å². The van der Waals surface area contributed by atoms with Gasteiger partial charge in [0.1, 0.15) is 18.4 Å². The van der Waals surface area contributed by atoms with Crippen LogP contribution >= 0.6 is 0 Å². The number of halogens is 1. The van der Waals surface area contributed by atoms with Crippen molar-refractivity contribution in [2.75, 3.05) is 23.7 Å². The van der Waals surface area contributed by atoms with Gasteiger partial charge in [0.05, 0.1) is 11.9 Å². The van der Waals surface area contributed by atoms with Crippen LogP contribution in [-0.4, -0.2) is 56.6 Å². The molecule has 1 aliphatic rings. The van der Waals surface area contributed by atoms with Gasteiger partial charge >= 0.3 is 0 Å². The minimum Gasteiger partial charge on any atom is -0.352 e. The van der Waals surface area contributed by atoms with Crippen LogP contribution in [0.3, 0.4) is 0 Å². The number of benzene rings is 2. The summed E-state index contributed by atoms with van der Waals surface area (Å²) in [6, 6.07) is 14.3. The first kappa shape index (κ1) is 26.7. The second-order valence-corrected chi connectivity index (χ2v) is 10.9. The number of carbonyl (C=O) groups is 2. The maximum atomic E-state index is 14.5. The number of carbonyl (C=O) groups excluding carboxylic acids is 2. The maximum absolute atomic E-state index is 14.5. The average Bonchev–Trinajstić information content (AvgIpc) is 3.33. The van der Waals surface area contributed by atoms with Gasteiger partial charge < -0.3 is 10.2 Å². The van der Waals surface area contributed by atoms with Crippen LogP contribution in [-0.2, 0) is 26.0 Å². The molecule has 2 aromatic carbocycles. The Labute approximate surface area is 207 Å². The Balaban J connectivity index is 1.87. The Morgan fingerprint density at radius 3 is 2.29 bits per heavy atom. The largest absolute Gasteiger partial charge is 0.352 e. The fraction of sp³-hybridized carbons (Fsp3) is 0.462. The summed E-state index contributed by atoms with van der Waals surface area (Å²) >= 11 is 0. The van der Waals surface area contributed by atoms with Gasteiger partial charge in [0.2, 0.25) is 21.8 Å². The molecular formula is C26H34FN3O4S. The van der Waals surface area contributed by atoms with Crippen LogP contribution in [0, 0.1) is 5.82 Å². The number of hydrogen-bond acceptors (Lipinski definition) is 4. The van der Waals surface area contributed by atoms with Gasteiger partial charge in [-0.2, -0.15) is 0 Å². The first-order valence-electron chi connectivity index (χ1n) is 12.1. The van der Waals surface area contributed by atoms with E-state index in [-0.39, 0.29) is 24.2 Å². The number of para-hydroxylation sites is 1. The first-order valence-corrected chi connectivity index (χ1v) is 13.9. The van der Waals surface area contributed by atoms with E-state index in [9.17, 15) is 22.4 Å². The van der Waals surface area contributed by atoms with Crippen molar-refractivity contribution in [1.82, 2.24) is 10.2 Å². The molecule has 9 heteroatoms. The van der Waals surface area contributed by atoms with Crippen LogP contribution < -0.4 is 9.62 Å². The van der Waals surface area contributed by atoms with Crippen molar-refractivity contribution in [3.05, 3.63) is 66.0 Å². The van der Waals surface area contributed by atoms with Gasteiger partial charge in [-0.25, -0.2) is 12.8 Å². The van der Waals surface area contributed by atoms with Crippen molar-refractivity contribution in [2.45, 2.75) is 57.5 Å². The van der Waals surface area contributed by atoms with Crippen LogP contribution in [0.15, 0.2) is 54.6 Å². The number of nitrogens with zero attached hydrogens (tertiary/aromatic N) is 2. The second kappa shape index (κ2) is 12.2. The van der Waals surface area contributed by atoms with E-state index in [1.807, 2.05) is 37.3 Å². The highest BCUT2D eigenvalue weighted by molar-refractivity contribution is 7.92. The lowest BCUT2D eigenvalue weighted by Crippen LogP contribution is -2.54. The van der Waals surface area contributed by atoms with Crippen LogP contribution in [0.25, 0.3) is 0 Å². The molecule has 0 aliphatic heterocycles. The monoisotopic (exact) mass is 503 g/mol. The van der Waals surface area contributed by atoms with Crippen LogP contribution in [0.1, 0.15) is 44.6 Å². The number of anilines is 1. The highest BCUT2D eigenvalue weighted by Crippen LogP contribution is 2.23. The van der Waals surface area contributed by atoms with Crippen molar-refractivity contribution in [2.24, 2.45) is 0 Å². The molecule has 0 spiro atoms. The van der Waals surface area contributed by atoms with Crippen LogP contribution in [0.4, 0.5) is 10.1 Å². The summed E-state index contributed by atoms with van der Waals surface area (Å²) in [6.07, 6.45) is 5.75. The van der Waals surface area contributed by atoms with Crippen molar-refractivity contribution >= 4 is 27.5 Å². The lowest BCUT2D eigenvalue weighted by atomic mass is 10.1. The molecule has 0 bridgehead atoms. The van der Waals surface area contributed by atoms with Crippen LogP contribution in [0.5, 0.6) is 0 Å². The summed E-state index contributed by atoms with van der Waals surface area (Å²) in [5.74, 6) is -1.53. The smallest absolute Gasteiger partial charge is 0.244 e. The summed E-state index contributed by atoms with van der Waals surface area (Å²) in [5.41, 5.74) is 0.792. The Morgan fingerprint density at radius 2 is 1.69 bits per heavy atom. The summed E-state index contributed by atoms with van der Waals surface area (Å²) < 4.78 is 40.3. The molecule has 0 saturated heterocycles. The van der Waals surface area contributed by atoms with Gasteiger partial charge in [-0.15, -0.1) is 0 Å². The van der Waals surface area contributed by atoms with Crippen molar-refractivity contribution < 1.29 is 22.4 Å². The summed E-state index contributed by atoms with van der Waals surface area (Å²) in [6.45, 7) is 1.46. The molecule has 1 saturated carbocycles.